The summed E-state index contributed by atoms with van der Waals surface area (Å²) in [5, 5.41) is 2.90. The summed E-state index contributed by atoms with van der Waals surface area (Å²) in [6.45, 7) is 4.53. The number of hydrogen-bond acceptors (Lipinski definition) is 2. The Morgan fingerprint density at radius 2 is 2.20 bits per heavy atom. The van der Waals surface area contributed by atoms with Crippen LogP contribution in [0.1, 0.15) is 48.5 Å². The number of halogens is 1. The number of nitrogen functional groups attached to an aromatic ring is 1. The van der Waals surface area contributed by atoms with E-state index in [0.717, 1.165) is 18.8 Å². The predicted molar refractivity (Wildman–Crippen MR) is 79.0 cm³/mol. The van der Waals surface area contributed by atoms with Gasteiger partial charge in [-0.05, 0) is 43.7 Å². The molecular weight excluding hydrogens is 255 g/mol. The molecule has 2 unspecified atom stereocenters. The third-order valence-corrected chi connectivity index (χ3v) is 4.24. The zero-order valence-corrected chi connectivity index (χ0v) is 12.2. The molecule has 2 atom stereocenters. The second kappa shape index (κ2) is 6.25. The summed E-state index contributed by atoms with van der Waals surface area (Å²) in [5.74, 6) is 0.601. The first-order valence-corrected chi connectivity index (χ1v) is 7.31. The first kappa shape index (κ1) is 14.8. The molecule has 1 aliphatic carbocycles. The molecule has 3 N–H and O–H groups in total. The summed E-state index contributed by atoms with van der Waals surface area (Å²) in [4.78, 5) is 12.1. The molecule has 0 bridgehead atoms. The fraction of sp³-hybridized carbons (Fsp3) is 0.562. The van der Waals surface area contributed by atoms with Crippen molar-refractivity contribution in [3.63, 3.8) is 0 Å². The summed E-state index contributed by atoms with van der Waals surface area (Å²) in [6.07, 6.45) is 4.83. The van der Waals surface area contributed by atoms with Gasteiger partial charge in [0, 0.05) is 23.4 Å². The molecule has 0 aromatic heterocycles. The van der Waals surface area contributed by atoms with E-state index in [2.05, 4.69) is 12.2 Å². The molecule has 4 heteroatoms. The summed E-state index contributed by atoms with van der Waals surface area (Å²) < 4.78 is 13.6. The molecule has 1 fully saturated rings. The Morgan fingerprint density at radius 3 is 2.85 bits per heavy atom. The minimum atomic E-state index is -0.429. The molecular formula is C16H23FN2O. The highest BCUT2D eigenvalue weighted by atomic mass is 19.1. The SMILES string of the molecule is Cc1c(N)cc(C(=O)NCC2CCCC(C)C2)cc1F. The molecule has 3 nitrogen and oxygen atoms in total. The highest BCUT2D eigenvalue weighted by Gasteiger charge is 2.20. The maximum absolute atomic E-state index is 13.6. The smallest absolute Gasteiger partial charge is 0.251 e. The molecule has 0 heterocycles. The fourth-order valence-electron chi connectivity index (χ4n) is 2.92. The van der Waals surface area contributed by atoms with Gasteiger partial charge in [0.25, 0.3) is 5.91 Å². The van der Waals surface area contributed by atoms with Crippen LogP contribution in [0.4, 0.5) is 10.1 Å². The van der Waals surface area contributed by atoms with Crippen molar-refractivity contribution in [2.45, 2.75) is 39.5 Å². The first-order chi connectivity index (χ1) is 9.47. The quantitative estimate of drug-likeness (QED) is 0.834. The van der Waals surface area contributed by atoms with Crippen molar-refractivity contribution in [3.05, 3.63) is 29.1 Å². The maximum Gasteiger partial charge on any atom is 0.251 e. The molecule has 1 aromatic carbocycles. The van der Waals surface area contributed by atoms with Crippen LogP contribution in [0.3, 0.4) is 0 Å². The van der Waals surface area contributed by atoms with Gasteiger partial charge >= 0.3 is 0 Å². The number of nitrogens with two attached hydrogens (primary N) is 1. The van der Waals surface area contributed by atoms with E-state index in [1.54, 1.807) is 6.92 Å². The van der Waals surface area contributed by atoms with Gasteiger partial charge < -0.3 is 11.1 Å². The Kier molecular flexibility index (Phi) is 4.63. The van der Waals surface area contributed by atoms with Crippen LogP contribution in [0.15, 0.2) is 12.1 Å². The van der Waals surface area contributed by atoms with E-state index >= 15 is 0 Å². The number of benzene rings is 1. The van der Waals surface area contributed by atoms with Gasteiger partial charge in [0.2, 0.25) is 0 Å². The van der Waals surface area contributed by atoms with Gasteiger partial charge in [0.15, 0.2) is 0 Å². The molecule has 2 rings (SSSR count). The van der Waals surface area contributed by atoms with Crippen LogP contribution in [0.25, 0.3) is 0 Å². The van der Waals surface area contributed by atoms with E-state index in [-0.39, 0.29) is 5.91 Å². The number of nitrogens with one attached hydrogen (secondary N) is 1. The number of hydrogen-bond donors (Lipinski definition) is 2. The third kappa shape index (κ3) is 3.50. The Balaban J connectivity index is 1.95. The summed E-state index contributed by atoms with van der Waals surface area (Å²) in [5.41, 5.74) is 6.71. The first-order valence-electron chi connectivity index (χ1n) is 7.31. The Morgan fingerprint density at radius 1 is 1.45 bits per heavy atom. The monoisotopic (exact) mass is 278 g/mol. The summed E-state index contributed by atoms with van der Waals surface area (Å²) >= 11 is 0. The molecule has 20 heavy (non-hydrogen) atoms. The van der Waals surface area contributed by atoms with Crippen molar-refractivity contribution in [1.82, 2.24) is 5.32 Å². The number of amides is 1. The Hall–Kier alpha value is -1.58. The lowest BCUT2D eigenvalue weighted by atomic mass is 9.82. The van der Waals surface area contributed by atoms with Gasteiger partial charge in [-0.3, -0.25) is 4.79 Å². The molecule has 0 aliphatic heterocycles. The van der Waals surface area contributed by atoms with Crippen LogP contribution in [-0.2, 0) is 0 Å². The fourth-order valence-corrected chi connectivity index (χ4v) is 2.92. The topological polar surface area (TPSA) is 55.1 Å². The summed E-state index contributed by atoms with van der Waals surface area (Å²) in [6, 6.07) is 2.79. The van der Waals surface area contributed by atoms with Gasteiger partial charge in [-0.2, -0.15) is 0 Å². The largest absolute Gasteiger partial charge is 0.398 e. The lowest BCUT2D eigenvalue weighted by molar-refractivity contribution is 0.0940. The van der Waals surface area contributed by atoms with E-state index in [4.69, 9.17) is 5.73 Å². The number of carbonyl (C=O) groups is 1. The zero-order chi connectivity index (χ0) is 14.7. The highest BCUT2D eigenvalue weighted by Crippen LogP contribution is 2.28. The number of carbonyl (C=O) groups excluding carboxylic acids is 1. The molecule has 1 aromatic rings. The molecule has 1 amide bonds. The van der Waals surface area contributed by atoms with Crippen LogP contribution in [0.5, 0.6) is 0 Å². The predicted octanol–water partition coefficient (Wildman–Crippen LogP) is 3.27. The number of anilines is 1. The number of rotatable bonds is 3. The summed E-state index contributed by atoms with van der Waals surface area (Å²) in [7, 11) is 0. The normalized spacial score (nSPS) is 22.6. The molecule has 0 radical (unpaired) electrons. The lowest BCUT2D eigenvalue weighted by Gasteiger charge is -2.26. The highest BCUT2D eigenvalue weighted by molar-refractivity contribution is 5.95. The van der Waals surface area contributed by atoms with Crippen molar-refractivity contribution in [2.24, 2.45) is 11.8 Å². The van der Waals surface area contributed by atoms with Gasteiger partial charge in [-0.15, -0.1) is 0 Å². The van der Waals surface area contributed by atoms with Crippen LogP contribution >= 0.6 is 0 Å². The van der Waals surface area contributed by atoms with E-state index in [1.807, 2.05) is 0 Å². The molecule has 1 saturated carbocycles. The average molecular weight is 278 g/mol. The minimum absolute atomic E-state index is 0.242. The van der Waals surface area contributed by atoms with E-state index < -0.39 is 5.82 Å². The zero-order valence-electron chi connectivity index (χ0n) is 12.2. The van der Waals surface area contributed by atoms with Crippen molar-refractivity contribution in [3.8, 4) is 0 Å². The van der Waals surface area contributed by atoms with Gasteiger partial charge in [-0.25, -0.2) is 4.39 Å². The van der Waals surface area contributed by atoms with Crippen LogP contribution < -0.4 is 11.1 Å². The minimum Gasteiger partial charge on any atom is -0.398 e. The molecule has 110 valence electrons. The second-order valence-electron chi connectivity index (χ2n) is 6.02. The van der Waals surface area contributed by atoms with Gasteiger partial charge in [-0.1, -0.05) is 19.8 Å². The van der Waals surface area contributed by atoms with Crippen molar-refractivity contribution in [1.29, 1.82) is 0 Å². The second-order valence-corrected chi connectivity index (χ2v) is 6.02. The van der Waals surface area contributed by atoms with Crippen molar-refractivity contribution in [2.75, 3.05) is 12.3 Å². The van der Waals surface area contributed by atoms with E-state index in [0.29, 0.717) is 29.3 Å². The van der Waals surface area contributed by atoms with Crippen LogP contribution in [0, 0.1) is 24.6 Å². The van der Waals surface area contributed by atoms with E-state index in [9.17, 15) is 9.18 Å². The maximum atomic E-state index is 13.6. The third-order valence-electron chi connectivity index (χ3n) is 4.24. The standard InChI is InChI=1S/C16H23FN2O/c1-10-4-3-5-12(6-10)9-19-16(20)13-7-14(17)11(2)15(18)8-13/h7-8,10,12H,3-6,9,18H2,1-2H3,(H,19,20). The van der Waals surface area contributed by atoms with Crippen LogP contribution in [-0.4, -0.2) is 12.5 Å². The van der Waals surface area contributed by atoms with Crippen molar-refractivity contribution < 1.29 is 9.18 Å². The lowest BCUT2D eigenvalue weighted by Crippen LogP contribution is -2.31. The van der Waals surface area contributed by atoms with Gasteiger partial charge in [0.1, 0.15) is 5.82 Å². The molecule has 0 saturated heterocycles. The Bertz CT molecular complexity index is 478. The van der Waals surface area contributed by atoms with E-state index in [1.165, 1.54) is 25.0 Å². The van der Waals surface area contributed by atoms with Crippen molar-refractivity contribution >= 4 is 11.6 Å². The van der Waals surface area contributed by atoms with Crippen LogP contribution in [0.2, 0.25) is 0 Å². The molecule has 1 aliphatic rings. The van der Waals surface area contributed by atoms with Gasteiger partial charge in [0.05, 0.1) is 0 Å². The molecule has 0 spiro atoms. The Labute approximate surface area is 119 Å². The average Bonchev–Trinajstić information content (AvgIpc) is 2.41.